The summed E-state index contributed by atoms with van der Waals surface area (Å²) in [6.45, 7) is 4.08. The zero-order valence-corrected chi connectivity index (χ0v) is 18.9. The Morgan fingerprint density at radius 1 is 1.13 bits per heavy atom. The van der Waals surface area contributed by atoms with Crippen LogP contribution in [0.25, 0.3) is 0 Å². The van der Waals surface area contributed by atoms with E-state index in [4.69, 9.17) is 0 Å². The number of aromatic nitrogens is 3. The lowest BCUT2D eigenvalue weighted by Crippen LogP contribution is -2.16. The highest BCUT2D eigenvalue weighted by Crippen LogP contribution is 2.23. The second-order valence-electron chi connectivity index (χ2n) is 6.88. The van der Waals surface area contributed by atoms with Crippen LogP contribution >= 0.6 is 23.5 Å². The Hall–Kier alpha value is -2.32. The molecule has 0 atom stereocenters. The average molecular weight is 445 g/mol. The number of nitrogens with zero attached hydrogens (tertiary/aromatic N) is 3. The summed E-state index contributed by atoms with van der Waals surface area (Å²) in [5, 5.41) is 12.2. The Morgan fingerprint density at radius 3 is 2.63 bits per heavy atom. The van der Waals surface area contributed by atoms with Crippen molar-refractivity contribution >= 4 is 35.1 Å². The molecule has 3 aromatic rings. The van der Waals surface area contributed by atoms with Crippen LogP contribution in [0.2, 0.25) is 0 Å². The first-order valence-corrected chi connectivity index (χ1v) is 11.8. The van der Waals surface area contributed by atoms with Gasteiger partial charge in [-0.25, -0.2) is 4.39 Å². The van der Waals surface area contributed by atoms with Gasteiger partial charge in [-0.1, -0.05) is 49.0 Å². The minimum atomic E-state index is -0.226. The first-order chi connectivity index (χ1) is 14.5. The molecule has 0 spiro atoms. The standard InChI is InChI=1S/C22H25FN4OS2/c1-4-17-7-5-6-15(2)21(17)24-20(28)14-30-22-26-25-19(27(22)3)13-29-12-16-8-10-18(23)11-9-16/h5-11H,4,12-14H2,1-3H3,(H,24,28). The van der Waals surface area contributed by atoms with Crippen LogP contribution < -0.4 is 5.32 Å². The van der Waals surface area contributed by atoms with Crippen molar-refractivity contribution < 1.29 is 9.18 Å². The summed E-state index contributed by atoms with van der Waals surface area (Å²) in [6.07, 6.45) is 0.868. The fourth-order valence-electron chi connectivity index (χ4n) is 2.94. The van der Waals surface area contributed by atoms with Crippen LogP contribution in [-0.2, 0) is 29.8 Å². The molecule has 30 heavy (non-hydrogen) atoms. The van der Waals surface area contributed by atoms with E-state index in [0.717, 1.165) is 40.4 Å². The van der Waals surface area contributed by atoms with Crippen molar-refractivity contribution in [1.29, 1.82) is 0 Å². The van der Waals surface area contributed by atoms with Crippen LogP contribution in [0.15, 0.2) is 47.6 Å². The van der Waals surface area contributed by atoms with Gasteiger partial charge in [-0.05, 0) is 42.2 Å². The molecule has 0 radical (unpaired) electrons. The number of para-hydroxylation sites is 1. The molecule has 158 valence electrons. The quantitative estimate of drug-likeness (QED) is 0.471. The molecule has 1 heterocycles. The number of carbonyl (C=O) groups is 1. The normalized spacial score (nSPS) is 10.9. The SMILES string of the molecule is CCc1cccc(C)c1NC(=O)CSc1nnc(CSCc2ccc(F)cc2)n1C. The Balaban J connectivity index is 1.51. The number of aryl methyl sites for hydroxylation is 2. The molecule has 8 heteroatoms. The molecule has 0 unspecified atom stereocenters. The number of halogens is 1. The minimum Gasteiger partial charge on any atom is -0.325 e. The molecular weight excluding hydrogens is 419 g/mol. The van der Waals surface area contributed by atoms with E-state index in [1.807, 2.05) is 36.7 Å². The first kappa shape index (κ1) is 22.4. The number of hydrogen-bond donors (Lipinski definition) is 1. The third-order valence-corrected chi connectivity index (χ3v) is 6.70. The van der Waals surface area contributed by atoms with E-state index in [1.165, 1.54) is 23.9 Å². The summed E-state index contributed by atoms with van der Waals surface area (Å²) >= 11 is 3.06. The molecule has 0 aliphatic carbocycles. The van der Waals surface area contributed by atoms with Crippen molar-refractivity contribution in [2.45, 2.75) is 36.9 Å². The van der Waals surface area contributed by atoms with Crippen molar-refractivity contribution in [3.8, 4) is 0 Å². The molecule has 3 rings (SSSR count). The highest BCUT2D eigenvalue weighted by atomic mass is 32.2. The van der Waals surface area contributed by atoms with Crippen LogP contribution in [0.1, 0.15) is 29.4 Å². The maximum atomic E-state index is 13.0. The van der Waals surface area contributed by atoms with Gasteiger partial charge in [0.05, 0.1) is 11.5 Å². The third-order valence-electron chi connectivity index (χ3n) is 4.67. The van der Waals surface area contributed by atoms with E-state index in [1.54, 1.807) is 23.9 Å². The summed E-state index contributed by atoms with van der Waals surface area (Å²) in [6, 6.07) is 12.6. The maximum absolute atomic E-state index is 13.0. The van der Waals surface area contributed by atoms with Gasteiger partial charge in [0.25, 0.3) is 0 Å². The van der Waals surface area contributed by atoms with Crippen molar-refractivity contribution in [2.75, 3.05) is 11.1 Å². The van der Waals surface area contributed by atoms with Gasteiger partial charge in [0.1, 0.15) is 11.6 Å². The fraction of sp³-hybridized carbons (Fsp3) is 0.318. The molecular formula is C22H25FN4OS2. The van der Waals surface area contributed by atoms with Gasteiger partial charge >= 0.3 is 0 Å². The van der Waals surface area contributed by atoms with Gasteiger partial charge < -0.3 is 9.88 Å². The van der Waals surface area contributed by atoms with E-state index in [-0.39, 0.29) is 17.5 Å². The number of hydrogen-bond acceptors (Lipinski definition) is 5. The van der Waals surface area contributed by atoms with Gasteiger partial charge in [-0.15, -0.1) is 22.0 Å². The summed E-state index contributed by atoms with van der Waals surface area (Å²) in [5.41, 5.74) is 4.17. The van der Waals surface area contributed by atoms with Crippen LogP contribution in [0.4, 0.5) is 10.1 Å². The topological polar surface area (TPSA) is 59.8 Å². The number of benzene rings is 2. The van der Waals surface area contributed by atoms with Crippen molar-refractivity contribution in [1.82, 2.24) is 14.8 Å². The minimum absolute atomic E-state index is 0.0563. The highest BCUT2D eigenvalue weighted by Gasteiger charge is 2.13. The molecule has 1 N–H and O–H groups in total. The number of anilines is 1. The Bertz CT molecular complexity index is 1000. The van der Waals surface area contributed by atoms with Gasteiger partial charge in [-0.3, -0.25) is 4.79 Å². The number of rotatable bonds is 9. The fourth-order valence-corrected chi connectivity index (χ4v) is 4.64. The summed E-state index contributed by atoms with van der Waals surface area (Å²) in [7, 11) is 1.91. The molecule has 0 aliphatic heterocycles. The molecule has 2 aromatic carbocycles. The highest BCUT2D eigenvalue weighted by molar-refractivity contribution is 7.99. The van der Waals surface area contributed by atoms with E-state index in [2.05, 4.69) is 22.4 Å². The van der Waals surface area contributed by atoms with Gasteiger partial charge in [-0.2, -0.15) is 0 Å². The lowest BCUT2D eigenvalue weighted by molar-refractivity contribution is -0.113. The molecule has 0 aliphatic rings. The lowest BCUT2D eigenvalue weighted by Gasteiger charge is -2.12. The van der Waals surface area contributed by atoms with Crippen LogP contribution in [0.5, 0.6) is 0 Å². The van der Waals surface area contributed by atoms with E-state index in [0.29, 0.717) is 10.9 Å². The van der Waals surface area contributed by atoms with Gasteiger partial charge in [0.2, 0.25) is 5.91 Å². The van der Waals surface area contributed by atoms with Crippen molar-refractivity contribution in [3.63, 3.8) is 0 Å². The molecule has 0 bridgehead atoms. The second-order valence-corrected chi connectivity index (χ2v) is 8.80. The lowest BCUT2D eigenvalue weighted by atomic mass is 10.1. The molecule has 0 saturated heterocycles. The van der Waals surface area contributed by atoms with Crippen molar-refractivity contribution in [3.05, 3.63) is 70.8 Å². The smallest absolute Gasteiger partial charge is 0.234 e. The largest absolute Gasteiger partial charge is 0.325 e. The number of carbonyl (C=O) groups excluding carboxylic acids is 1. The zero-order chi connectivity index (χ0) is 21.5. The number of nitrogens with one attached hydrogen (secondary N) is 1. The van der Waals surface area contributed by atoms with E-state index < -0.39 is 0 Å². The van der Waals surface area contributed by atoms with Crippen LogP contribution in [0.3, 0.4) is 0 Å². The predicted molar refractivity (Wildman–Crippen MR) is 122 cm³/mol. The molecule has 0 fully saturated rings. The molecule has 0 saturated carbocycles. The zero-order valence-electron chi connectivity index (χ0n) is 17.3. The Kier molecular flexibility index (Phi) is 7.93. The molecule has 1 aromatic heterocycles. The number of amides is 1. The van der Waals surface area contributed by atoms with Gasteiger partial charge in [0, 0.05) is 18.5 Å². The number of thioether (sulfide) groups is 2. The Morgan fingerprint density at radius 2 is 1.90 bits per heavy atom. The molecule has 1 amide bonds. The molecule has 5 nitrogen and oxygen atoms in total. The average Bonchev–Trinajstić information content (AvgIpc) is 3.09. The first-order valence-electron chi connectivity index (χ1n) is 9.69. The maximum Gasteiger partial charge on any atom is 0.234 e. The Labute approximate surface area is 184 Å². The van der Waals surface area contributed by atoms with Gasteiger partial charge in [0.15, 0.2) is 5.16 Å². The third kappa shape index (κ3) is 5.86. The predicted octanol–water partition coefficient (Wildman–Crippen LogP) is 4.99. The van der Waals surface area contributed by atoms with Crippen LogP contribution in [-0.4, -0.2) is 26.4 Å². The van der Waals surface area contributed by atoms with E-state index >= 15 is 0 Å². The van der Waals surface area contributed by atoms with Crippen LogP contribution in [0, 0.1) is 12.7 Å². The summed E-state index contributed by atoms with van der Waals surface area (Å²) < 4.78 is 14.9. The van der Waals surface area contributed by atoms with Crippen molar-refractivity contribution in [2.24, 2.45) is 7.05 Å². The monoisotopic (exact) mass is 444 g/mol. The summed E-state index contributed by atoms with van der Waals surface area (Å²) in [4.78, 5) is 12.5. The second kappa shape index (κ2) is 10.6. The summed E-state index contributed by atoms with van der Waals surface area (Å²) in [5.74, 6) is 2.30. The van der Waals surface area contributed by atoms with E-state index in [9.17, 15) is 9.18 Å².